The van der Waals surface area contributed by atoms with E-state index in [1.165, 1.54) is 44.2 Å². The van der Waals surface area contributed by atoms with Crippen LogP contribution in [0.15, 0.2) is 169 Å². The van der Waals surface area contributed by atoms with E-state index < -0.39 is 5.41 Å². The average Bonchev–Trinajstić information content (AvgIpc) is 4.00. The van der Waals surface area contributed by atoms with Gasteiger partial charge in [-0.25, -0.2) is 19.9 Å². The normalized spacial score (nSPS) is 12.9. The lowest BCUT2D eigenvalue weighted by Crippen LogP contribution is -2.28. The third-order valence-electron chi connectivity index (χ3n) is 9.93. The molecule has 0 atom stereocenters. The first kappa shape index (κ1) is 29.8. The van der Waals surface area contributed by atoms with Gasteiger partial charge in [-0.3, -0.25) is 0 Å². The number of hydrogen-bond donors (Lipinski definition) is 0. The van der Waals surface area contributed by atoms with Crippen molar-refractivity contribution in [3.63, 3.8) is 0 Å². The van der Waals surface area contributed by atoms with Crippen LogP contribution in [0.1, 0.15) is 22.3 Å². The Balaban J connectivity index is 1.29. The molecular weight excluding hydrogens is 661 g/mol. The van der Waals surface area contributed by atoms with E-state index in [0.717, 1.165) is 43.9 Å². The first-order valence-electron chi connectivity index (χ1n) is 16.9. The molecular formula is C45H28N4S2. The van der Waals surface area contributed by atoms with Gasteiger partial charge in [0.2, 0.25) is 0 Å². The van der Waals surface area contributed by atoms with Gasteiger partial charge in [0.25, 0.3) is 0 Å². The van der Waals surface area contributed by atoms with Crippen molar-refractivity contribution in [3.05, 3.63) is 191 Å². The van der Waals surface area contributed by atoms with Crippen LogP contribution < -0.4 is 0 Å². The van der Waals surface area contributed by atoms with Crippen LogP contribution in [0, 0.1) is 0 Å². The zero-order chi connectivity index (χ0) is 33.8. The van der Waals surface area contributed by atoms with Crippen LogP contribution in [-0.4, -0.2) is 19.9 Å². The van der Waals surface area contributed by atoms with Gasteiger partial charge in [0.1, 0.15) is 10.0 Å². The highest BCUT2D eigenvalue weighted by Gasteiger charge is 2.47. The number of benzene rings is 5. The Kier molecular flexibility index (Phi) is 7.05. The molecule has 0 amide bonds. The van der Waals surface area contributed by atoms with Crippen LogP contribution in [0.2, 0.25) is 0 Å². The van der Waals surface area contributed by atoms with E-state index in [9.17, 15) is 0 Å². The number of hydrogen-bond acceptors (Lipinski definition) is 6. The SMILES string of the molecule is c1ccc(C2(c3ccccc3)c3cc(-c4cccc(-c5nccs5)n4)ccc3-c3c2cc(-c2cccc(-c4nccs4)n2)c2ccccc32)cc1. The van der Waals surface area contributed by atoms with Gasteiger partial charge >= 0.3 is 0 Å². The largest absolute Gasteiger partial charge is 0.245 e. The molecule has 9 aromatic rings. The van der Waals surface area contributed by atoms with E-state index in [1.807, 2.05) is 35.3 Å². The van der Waals surface area contributed by atoms with Gasteiger partial charge in [-0.2, -0.15) is 0 Å². The lowest BCUT2D eigenvalue weighted by molar-refractivity contribution is 0.769. The van der Waals surface area contributed by atoms with Crippen molar-refractivity contribution >= 4 is 33.4 Å². The second kappa shape index (κ2) is 12.1. The van der Waals surface area contributed by atoms with Gasteiger partial charge in [-0.1, -0.05) is 109 Å². The summed E-state index contributed by atoms with van der Waals surface area (Å²) in [5, 5.41) is 8.20. The fourth-order valence-corrected chi connectivity index (χ4v) is 9.05. The molecule has 0 saturated carbocycles. The van der Waals surface area contributed by atoms with Crippen molar-refractivity contribution in [2.45, 2.75) is 5.41 Å². The Bertz CT molecular complexity index is 2650. The molecule has 4 heterocycles. The molecule has 4 nitrogen and oxygen atoms in total. The monoisotopic (exact) mass is 688 g/mol. The third kappa shape index (κ3) is 4.72. The molecule has 0 saturated heterocycles. The van der Waals surface area contributed by atoms with Crippen molar-refractivity contribution in [2.75, 3.05) is 0 Å². The average molecular weight is 689 g/mol. The predicted octanol–water partition coefficient (Wildman–Crippen LogP) is 11.6. The molecule has 1 aliphatic carbocycles. The smallest absolute Gasteiger partial charge is 0.141 e. The Hall–Kier alpha value is -6.08. The Morgan fingerprint density at radius 2 is 1.00 bits per heavy atom. The maximum atomic E-state index is 5.22. The fourth-order valence-electron chi connectivity index (χ4n) is 7.83. The molecule has 0 aliphatic heterocycles. The molecule has 6 heteroatoms. The number of nitrogens with zero attached hydrogens (tertiary/aromatic N) is 4. The number of rotatable bonds is 6. The van der Waals surface area contributed by atoms with Crippen molar-refractivity contribution in [1.82, 2.24) is 19.9 Å². The van der Waals surface area contributed by atoms with Gasteiger partial charge in [0.15, 0.2) is 0 Å². The Morgan fingerprint density at radius 3 is 1.63 bits per heavy atom. The summed E-state index contributed by atoms with van der Waals surface area (Å²) in [6, 6.07) is 52.5. The van der Waals surface area contributed by atoms with Crippen LogP contribution in [-0.2, 0) is 5.41 Å². The Morgan fingerprint density at radius 1 is 0.431 bits per heavy atom. The lowest BCUT2D eigenvalue weighted by atomic mass is 9.67. The van der Waals surface area contributed by atoms with E-state index in [4.69, 9.17) is 9.97 Å². The van der Waals surface area contributed by atoms with E-state index >= 15 is 0 Å². The summed E-state index contributed by atoms with van der Waals surface area (Å²) in [6.45, 7) is 0. The quantitative estimate of drug-likeness (QED) is 0.174. The van der Waals surface area contributed by atoms with E-state index in [-0.39, 0.29) is 0 Å². The molecule has 4 aromatic heterocycles. The van der Waals surface area contributed by atoms with Gasteiger partial charge in [0.05, 0.1) is 28.2 Å². The van der Waals surface area contributed by atoms with E-state index in [1.54, 1.807) is 22.7 Å². The zero-order valence-electron chi connectivity index (χ0n) is 27.3. The van der Waals surface area contributed by atoms with Crippen LogP contribution in [0.3, 0.4) is 0 Å². The minimum Gasteiger partial charge on any atom is -0.245 e. The summed E-state index contributed by atoms with van der Waals surface area (Å²) in [5.41, 5.74) is 12.6. The van der Waals surface area contributed by atoms with Crippen molar-refractivity contribution in [3.8, 4) is 55.0 Å². The number of aromatic nitrogens is 4. The standard InChI is InChI=1S/C45H28N4S2/c1-3-11-30(12-4-1)45(31-13-5-2-6-14-31)36-27-29(38-17-9-19-40(48-38)43-46-23-25-50-43)21-22-34(36)42-33-16-8-7-15-32(33)35(28-37(42)45)39-18-10-20-41(49-39)44-47-24-26-51-44/h1-28H. The van der Waals surface area contributed by atoms with Gasteiger partial charge in [-0.05, 0) is 80.6 Å². The highest BCUT2D eigenvalue weighted by Crippen LogP contribution is 2.59. The van der Waals surface area contributed by atoms with Crippen molar-refractivity contribution in [2.24, 2.45) is 0 Å². The van der Waals surface area contributed by atoms with Gasteiger partial charge < -0.3 is 0 Å². The zero-order valence-corrected chi connectivity index (χ0v) is 28.9. The van der Waals surface area contributed by atoms with Crippen LogP contribution in [0.4, 0.5) is 0 Å². The summed E-state index contributed by atoms with van der Waals surface area (Å²) < 4.78 is 0. The molecule has 240 valence electrons. The summed E-state index contributed by atoms with van der Waals surface area (Å²) in [4.78, 5) is 19.5. The second-order valence-electron chi connectivity index (χ2n) is 12.6. The topological polar surface area (TPSA) is 51.6 Å². The molecule has 0 spiro atoms. The molecule has 0 N–H and O–H groups in total. The van der Waals surface area contributed by atoms with E-state index in [2.05, 4.69) is 143 Å². The number of fused-ring (bicyclic) bond motifs is 5. The molecule has 51 heavy (non-hydrogen) atoms. The number of pyridine rings is 2. The summed E-state index contributed by atoms with van der Waals surface area (Å²) >= 11 is 3.21. The number of thiazole rings is 2. The highest BCUT2D eigenvalue weighted by atomic mass is 32.1. The maximum Gasteiger partial charge on any atom is 0.141 e. The summed E-state index contributed by atoms with van der Waals surface area (Å²) in [7, 11) is 0. The van der Waals surface area contributed by atoms with E-state index in [0.29, 0.717) is 0 Å². The fraction of sp³-hybridized carbons (Fsp3) is 0.0222. The molecule has 1 aliphatic rings. The molecule has 0 bridgehead atoms. The molecule has 0 fully saturated rings. The van der Waals surface area contributed by atoms with Crippen molar-refractivity contribution < 1.29 is 0 Å². The van der Waals surface area contributed by atoms with Crippen molar-refractivity contribution in [1.29, 1.82) is 0 Å². The lowest BCUT2D eigenvalue weighted by Gasteiger charge is -2.34. The first-order chi connectivity index (χ1) is 25.3. The molecule has 10 rings (SSSR count). The maximum absolute atomic E-state index is 5.22. The Labute approximate surface area is 303 Å². The first-order valence-corrected chi connectivity index (χ1v) is 18.6. The molecule has 0 unspecified atom stereocenters. The second-order valence-corrected chi connectivity index (χ2v) is 14.4. The summed E-state index contributed by atoms with van der Waals surface area (Å²) in [6.07, 6.45) is 3.67. The molecule has 5 aromatic carbocycles. The minimum absolute atomic E-state index is 0.609. The van der Waals surface area contributed by atoms with Crippen LogP contribution in [0.5, 0.6) is 0 Å². The predicted molar refractivity (Wildman–Crippen MR) is 210 cm³/mol. The third-order valence-corrected chi connectivity index (χ3v) is 11.5. The molecule has 0 radical (unpaired) electrons. The minimum atomic E-state index is -0.609. The van der Waals surface area contributed by atoms with Gasteiger partial charge in [-0.15, -0.1) is 22.7 Å². The summed E-state index contributed by atoms with van der Waals surface area (Å²) in [5.74, 6) is 0. The van der Waals surface area contributed by atoms with Crippen LogP contribution in [0.25, 0.3) is 65.8 Å². The highest BCUT2D eigenvalue weighted by molar-refractivity contribution is 7.13. The van der Waals surface area contributed by atoms with Crippen LogP contribution >= 0.6 is 22.7 Å². The van der Waals surface area contributed by atoms with Gasteiger partial charge in [0, 0.05) is 34.3 Å².